The maximum absolute atomic E-state index is 9.20. The third-order valence-electron chi connectivity index (χ3n) is 3.44. The Kier molecular flexibility index (Phi) is 6.67. The van der Waals surface area contributed by atoms with Gasteiger partial charge in [0.15, 0.2) is 0 Å². The summed E-state index contributed by atoms with van der Waals surface area (Å²) in [4.78, 5) is 0. The largest absolute Gasteiger partial charge is 0.381 e. The van der Waals surface area contributed by atoms with E-state index in [1.54, 1.807) is 0 Å². The lowest BCUT2D eigenvalue weighted by Gasteiger charge is -2.25. The zero-order chi connectivity index (χ0) is 13.4. The lowest BCUT2D eigenvalue weighted by molar-refractivity contribution is 0.123. The van der Waals surface area contributed by atoms with Crippen LogP contribution in [0, 0.1) is 17.2 Å². The minimum Gasteiger partial charge on any atom is -0.381 e. The van der Waals surface area contributed by atoms with Crippen LogP contribution < -0.4 is 5.32 Å². The number of nitrogens with zero attached hydrogens (tertiary/aromatic N) is 1. The van der Waals surface area contributed by atoms with Gasteiger partial charge in [-0.2, -0.15) is 5.26 Å². The average molecular weight is 252 g/mol. The van der Waals surface area contributed by atoms with Gasteiger partial charge in [0.2, 0.25) is 0 Å². The van der Waals surface area contributed by atoms with Crippen LogP contribution in [-0.4, -0.2) is 24.8 Å². The highest BCUT2D eigenvalue weighted by atomic mass is 16.5. The molecule has 0 amide bonds. The first-order valence-electron chi connectivity index (χ1n) is 7.32. The first-order valence-corrected chi connectivity index (χ1v) is 7.32. The van der Waals surface area contributed by atoms with Crippen molar-refractivity contribution in [2.45, 2.75) is 70.9 Å². The van der Waals surface area contributed by atoms with E-state index >= 15 is 0 Å². The molecule has 18 heavy (non-hydrogen) atoms. The monoisotopic (exact) mass is 252 g/mol. The van der Waals surface area contributed by atoms with E-state index in [-0.39, 0.29) is 5.54 Å². The molecule has 0 spiro atoms. The van der Waals surface area contributed by atoms with Gasteiger partial charge >= 0.3 is 0 Å². The Morgan fingerprint density at radius 2 is 2.06 bits per heavy atom. The number of unbranched alkanes of at least 4 members (excludes halogenated alkanes) is 1. The SMILES string of the molecule is CC(C)NC(C)(C#N)CCCCOCCC1CC1. The second-order valence-electron chi connectivity index (χ2n) is 6.04. The highest BCUT2D eigenvalue weighted by Gasteiger charge is 2.23. The molecule has 0 radical (unpaired) electrons. The van der Waals surface area contributed by atoms with Crippen LogP contribution in [0.2, 0.25) is 0 Å². The molecule has 0 aromatic carbocycles. The summed E-state index contributed by atoms with van der Waals surface area (Å²) in [5, 5.41) is 12.5. The highest BCUT2D eigenvalue weighted by Crippen LogP contribution is 2.32. The molecular weight excluding hydrogens is 224 g/mol. The summed E-state index contributed by atoms with van der Waals surface area (Å²) in [5.41, 5.74) is -0.387. The van der Waals surface area contributed by atoms with Crippen molar-refractivity contribution < 1.29 is 4.74 Å². The third kappa shape index (κ3) is 6.98. The number of rotatable bonds is 10. The summed E-state index contributed by atoms with van der Waals surface area (Å²) in [7, 11) is 0. The molecule has 0 aromatic heterocycles. The lowest BCUT2D eigenvalue weighted by Crippen LogP contribution is -2.44. The third-order valence-corrected chi connectivity index (χ3v) is 3.44. The average Bonchev–Trinajstić information content (AvgIpc) is 3.11. The number of nitrogens with one attached hydrogen (secondary N) is 1. The molecule has 3 nitrogen and oxygen atoms in total. The molecule has 3 heteroatoms. The Labute approximate surface area is 112 Å². The van der Waals surface area contributed by atoms with Gasteiger partial charge in [0.05, 0.1) is 6.07 Å². The molecule has 1 aliphatic rings. The predicted molar refractivity (Wildman–Crippen MR) is 74.3 cm³/mol. The van der Waals surface area contributed by atoms with E-state index in [9.17, 15) is 5.26 Å². The molecule has 1 rings (SSSR count). The maximum Gasteiger partial charge on any atom is 0.104 e. The fraction of sp³-hybridized carbons (Fsp3) is 0.933. The van der Waals surface area contributed by atoms with Crippen LogP contribution in [0.1, 0.15) is 59.3 Å². The summed E-state index contributed by atoms with van der Waals surface area (Å²) in [5.74, 6) is 0.960. The molecular formula is C15H28N2O. The second-order valence-corrected chi connectivity index (χ2v) is 6.04. The molecule has 1 N–H and O–H groups in total. The number of hydrogen-bond donors (Lipinski definition) is 1. The zero-order valence-electron chi connectivity index (χ0n) is 12.2. The maximum atomic E-state index is 9.20. The van der Waals surface area contributed by atoms with Gasteiger partial charge in [-0.15, -0.1) is 0 Å². The van der Waals surface area contributed by atoms with Gasteiger partial charge in [0.1, 0.15) is 5.54 Å². The smallest absolute Gasteiger partial charge is 0.104 e. The fourth-order valence-electron chi connectivity index (χ4n) is 2.24. The van der Waals surface area contributed by atoms with Gasteiger partial charge in [0, 0.05) is 19.3 Å². The Morgan fingerprint density at radius 3 is 2.61 bits per heavy atom. The van der Waals surface area contributed by atoms with Gasteiger partial charge in [-0.05, 0) is 52.4 Å². The molecule has 1 unspecified atom stereocenters. The van der Waals surface area contributed by atoms with Gasteiger partial charge in [-0.3, -0.25) is 5.32 Å². The van der Waals surface area contributed by atoms with Crippen molar-refractivity contribution in [1.82, 2.24) is 5.32 Å². The summed E-state index contributed by atoms with van der Waals surface area (Å²) < 4.78 is 5.61. The van der Waals surface area contributed by atoms with Crippen molar-refractivity contribution in [2.24, 2.45) is 5.92 Å². The van der Waals surface area contributed by atoms with Crippen molar-refractivity contribution in [3.05, 3.63) is 0 Å². The Hall–Kier alpha value is -0.590. The van der Waals surface area contributed by atoms with Crippen LogP contribution in [-0.2, 0) is 4.74 Å². The van der Waals surface area contributed by atoms with Crippen molar-refractivity contribution in [1.29, 1.82) is 5.26 Å². The Balaban J connectivity index is 1.98. The van der Waals surface area contributed by atoms with Gasteiger partial charge < -0.3 is 4.74 Å². The standard InChI is InChI=1S/C15H28N2O/c1-13(2)17-15(3,12-16)9-4-5-10-18-11-8-14-6-7-14/h13-14,17H,4-11H2,1-3H3. The van der Waals surface area contributed by atoms with Crippen molar-refractivity contribution in [3.63, 3.8) is 0 Å². The normalized spacial score (nSPS) is 18.6. The van der Waals surface area contributed by atoms with Crippen LogP contribution in [0.4, 0.5) is 0 Å². The van der Waals surface area contributed by atoms with E-state index in [4.69, 9.17) is 4.74 Å². The van der Waals surface area contributed by atoms with Crippen LogP contribution in [0.5, 0.6) is 0 Å². The minimum atomic E-state index is -0.387. The quantitative estimate of drug-likeness (QED) is 0.607. The molecule has 104 valence electrons. The van der Waals surface area contributed by atoms with Crippen LogP contribution in [0.3, 0.4) is 0 Å². The first kappa shape index (κ1) is 15.5. The van der Waals surface area contributed by atoms with E-state index < -0.39 is 0 Å². The molecule has 1 fully saturated rings. The first-order chi connectivity index (χ1) is 8.56. The van der Waals surface area contributed by atoms with E-state index in [1.807, 2.05) is 6.92 Å². The molecule has 0 saturated heterocycles. The number of hydrogen-bond acceptors (Lipinski definition) is 3. The lowest BCUT2D eigenvalue weighted by atomic mass is 9.96. The van der Waals surface area contributed by atoms with E-state index in [0.29, 0.717) is 6.04 Å². The van der Waals surface area contributed by atoms with Gasteiger partial charge in [0.25, 0.3) is 0 Å². The molecule has 0 heterocycles. The molecule has 1 aliphatic carbocycles. The molecule has 1 saturated carbocycles. The topological polar surface area (TPSA) is 45.0 Å². The molecule has 1 atom stereocenters. The summed E-state index contributed by atoms with van der Waals surface area (Å²) >= 11 is 0. The van der Waals surface area contributed by atoms with E-state index in [0.717, 1.165) is 38.4 Å². The van der Waals surface area contributed by atoms with Gasteiger partial charge in [-0.1, -0.05) is 12.8 Å². The van der Waals surface area contributed by atoms with Crippen LogP contribution in [0.15, 0.2) is 0 Å². The van der Waals surface area contributed by atoms with Crippen LogP contribution >= 0.6 is 0 Å². The summed E-state index contributed by atoms with van der Waals surface area (Å²) in [6, 6.07) is 2.73. The fourth-order valence-corrected chi connectivity index (χ4v) is 2.24. The van der Waals surface area contributed by atoms with Crippen molar-refractivity contribution >= 4 is 0 Å². The van der Waals surface area contributed by atoms with Crippen molar-refractivity contribution in [3.8, 4) is 6.07 Å². The van der Waals surface area contributed by atoms with Crippen LogP contribution in [0.25, 0.3) is 0 Å². The molecule has 0 bridgehead atoms. The Bertz CT molecular complexity index is 268. The molecule has 0 aliphatic heterocycles. The van der Waals surface area contributed by atoms with Gasteiger partial charge in [-0.25, -0.2) is 0 Å². The highest BCUT2D eigenvalue weighted by molar-refractivity contribution is 5.04. The zero-order valence-corrected chi connectivity index (χ0v) is 12.2. The Morgan fingerprint density at radius 1 is 1.33 bits per heavy atom. The number of ether oxygens (including phenoxy) is 1. The van der Waals surface area contributed by atoms with E-state index in [2.05, 4.69) is 25.2 Å². The minimum absolute atomic E-state index is 0.351. The summed E-state index contributed by atoms with van der Waals surface area (Å²) in [6.45, 7) is 7.91. The predicted octanol–water partition coefficient (Wildman–Crippen LogP) is 3.25. The van der Waals surface area contributed by atoms with E-state index in [1.165, 1.54) is 19.3 Å². The molecule has 0 aromatic rings. The van der Waals surface area contributed by atoms with Crippen molar-refractivity contribution in [2.75, 3.05) is 13.2 Å². The summed E-state index contributed by atoms with van der Waals surface area (Å²) in [6.07, 6.45) is 7.06. The number of nitriles is 1. The second kappa shape index (κ2) is 7.76.